The third-order valence-corrected chi connectivity index (χ3v) is 8.70. The Balaban J connectivity index is 1.64. The number of thioether (sulfide) groups is 1. The van der Waals surface area contributed by atoms with Gasteiger partial charge in [0.15, 0.2) is 0 Å². The number of carbonyl (C=O) groups excluding carboxylic acids is 2. The van der Waals surface area contributed by atoms with E-state index in [9.17, 15) is 9.59 Å². The van der Waals surface area contributed by atoms with Crippen molar-refractivity contribution in [3.8, 4) is 0 Å². The second-order valence-corrected chi connectivity index (χ2v) is 11.7. The first-order chi connectivity index (χ1) is 18.4. The van der Waals surface area contributed by atoms with Crippen LogP contribution in [-0.4, -0.2) is 34.6 Å². The Kier molecular flexibility index (Phi) is 10.6. The van der Waals surface area contributed by atoms with E-state index in [2.05, 4.69) is 5.32 Å². The Bertz CT molecular complexity index is 1190. The lowest BCUT2D eigenvalue weighted by Gasteiger charge is -2.34. The monoisotopic (exact) mass is 568 g/mol. The zero-order valence-electron chi connectivity index (χ0n) is 21.7. The molecule has 1 aliphatic rings. The van der Waals surface area contributed by atoms with Gasteiger partial charge in [-0.3, -0.25) is 9.59 Å². The number of rotatable bonds is 10. The van der Waals surface area contributed by atoms with Gasteiger partial charge in [0.05, 0.1) is 5.75 Å². The lowest BCUT2D eigenvalue weighted by molar-refractivity contribution is -0.139. The van der Waals surface area contributed by atoms with Crippen LogP contribution in [0.25, 0.3) is 0 Å². The van der Waals surface area contributed by atoms with Crippen LogP contribution in [0, 0.1) is 6.92 Å². The molecule has 1 saturated carbocycles. The smallest absolute Gasteiger partial charge is 0.243 e. The molecule has 0 aliphatic heterocycles. The van der Waals surface area contributed by atoms with E-state index in [1.807, 2.05) is 61.5 Å². The predicted molar refractivity (Wildman–Crippen MR) is 158 cm³/mol. The fourth-order valence-electron chi connectivity index (χ4n) is 4.81. The fraction of sp³-hybridized carbons (Fsp3) is 0.355. The molecule has 7 heteroatoms. The third kappa shape index (κ3) is 8.02. The van der Waals surface area contributed by atoms with Crippen LogP contribution < -0.4 is 5.32 Å². The number of carbonyl (C=O) groups is 2. The predicted octanol–water partition coefficient (Wildman–Crippen LogP) is 7.48. The topological polar surface area (TPSA) is 49.4 Å². The van der Waals surface area contributed by atoms with Crippen LogP contribution in [0.2, 0.25) is 10.0 Å². The maximum Gasteiger partial charge on any atom is 0.243 e. The molecule has 0 spiro atoms. The molecule has 0 saturated heterocycles. The molecule has 0 radical (unpaired) electrons. The van der Waals surface area contributed by atoms with Crippen molar-refractivity contribution in [1.29, 1.82) is 0 Å². The zero-order chi connectivity index (χ0) is 26.9. The van der Waals surface area contributed by atoms with Gasteiger partial charge in [-0.15, -0.1) is 11.8 Å². The molecule has 3 aromatic rings. The van der Waals surface area contributed by atoms with Gasteiger partial charge in [0.1, 0.15) is 6.04 Å². The van der Waals surface area contributed by atoms with Crippen LogP contribution in [0.15, 0.2) is 77.7 Å². The second kappa shape index (κ2) is 14.1. The Morgan fingerprint density at radius 3 is 2.24 bits per heavy atom. The largest absolute Gasteiger partial charge is 0.352 e. The summed E-state index contributed by atoms with van der Waals surface area (Å²) in [5.41, 5.74) is 2.80. The second-order valence-electron chi connectivity index (χ2n) is 9.87. The van der Waals surface area contributed by atoms with Gasteiger partial charge in [-0.2, -0.15) is 0 Å². The van der Waals surface area contributed by atoms with E-state index in [0.29, 0.717) is 22.0 Å². The van der Waals surface area contributed by atoms with Gasteiger partial charge < -0.3 is 10.2 Å². The minimum absolute atomic E-state index is 0.127. The quantitative estimate of drug-likeness (QED) is 0.258. The van der Waals surface area contributed by atoms with Crippen LogP contribution in [0.4, 0.5) is 0 Å². The van der Waals surface area contributed by atoms with E-state index in [1.54, 1.807) is 23.1 Å². The first-order valence-electron chi connectivity index (χ1n) is 13.2. The summed E-state index contributed by atoms with van der Waals surface area (Å²) in [4.78, 5) is 30.4. The highest BCUT2D eigenvalue weighted by Gasteiger charge is 2.32. The highest BCUT2D eigenvalue weighted by atomic mass is 35.5. The zero-order valence-corrected chi connectivity index (χ0v) is 24.0. The number of amides is 2. The summed E-state index contributed by atoms with van der Waals surface area (Å²) in [5, 5.41) is 4.22. The molecular formula is C31H34Cl2N2O2S. The molecule has 1 N–H and O–H groups in total. The molecule has 200 valence electrons. The van der Waals surface area contributed by atoms with E-state index in [0.717, 1.165) is 41.7 Å². The highest BCUT2D eigenvalue weighted by molar-refractivity contribution is 8.00. The summed E-state index contributed by atoms with van der Waals surface area (Å²) < 4.78 is 0. The van der Waals surface area contributed by atoms with Crippen molar-refractivity contribution in [2.75, 3.05) is 5.75 Å². The van der Waals surface area contributed by atoms with E-state index in [1.165, 1.54) is 18.2 Å². The van der Waals surface area contributed by atoms with Gasteiger partial charge in [-0.25, -0.2) is 0 Å². The molecule has 0 bridgehead atoms. The Morgan fingerprint density at radius 1 is 0.921 bits per heavy atom. The van der Waals surface area contributed by atoms with Gasteiger partial charge >= 0.3 is 0 Å². The Hall–Kier alpha value is -2.47. The summed E-state index contributed by atoms with van der Waals surface area (Å²) in [6.45, 7) is 2.19. The van der Waals surface area contributed by atoms with Gasteiger partial charge in [0.25, 0.3) is 0 Å². The van der Waals surface area contributed by atoms with Gasteiger partial charge in [0.2, 0.25) is 11.8 Å². The van der Waals surface area contributed by atoms with E-state index in [-0.39, 0.29) is 30.2 Å². The summed E-state index contributed by atoms with van der Waals surface area (Å²) in [5.74, 6) is -0.0588. The minimum atomic E-state index is -0.696. The minimum Gasteiger partial charge on any atom is -0.352 e. The molecule has 4 rings (SSSR count). The number of nitrogens with zero attached hydrogens (tertiary/aromatic N) is 1. The average Bonchev–Trinajstić information content (AvgIpc) is 2.92. The highest BCUT2D eigenvalue weighted by Crippen LogP contribution is 2.28. The molecule has 0 heterocycles. The normalized spacial score (nSPS) is 14.6. The number of benzene rings is 3. The maximum atomic E-state index is 13.9. The van der Waals surface area contributed by atoms with Crippen molar-refractivity contribution in [3.63, 3.8) is 0 Å². The fourth-order valence-corrected chi connectivity index (χ4v) is 6.12. The van der Waals surface area contributed by atoms with Crippen LogP contribution in [0.3, 0.4) is 0 Å². The number of hydrogen-bond donors (Lipinski definition) is 1. The van der Waals surface area contributed by atoms with Crippen molar-refractivity contribution < 1.29 is 9.59 Å². The van der Waals surface area contributed by atoms with Crippen LogP contribution in [0.5, 0.6) is 0 Å². The summed E-state index contributed by atoms with van der Waals surface area (Å²) in [6, 6.07) is 22.7. The maximum absolute atomic E-state index is 13.9. The summed E-state index contributed by atoms with van der Waals surface area (Å²) in [7, 11) is 0. The SMILES string of the molecule is Cc1ccc(SCC(=O)N(Cc2c(Cl)cccc2Cl)[C@@H](Cc2ccccc2)C(=O)NC2CCCCC2)cc1. The molecule has 4 nitrogen and oxygen atoms in total. The molecule has 2 amide bonds. The number of aryl methyl sites for hydroxylation is 1. The molecule has 38 heavy (non-hydrogen) atoms. The van der Waals surface area contributed by atoms with Crippen molar-refractivity contribution in [1.82, 2.24) is 10.2 Å². The van der Waals surface area contributed by atoms with Gasteiger partial charge in [-0.1, -0.05) is 96.6 Å². The van der Waals surface area contributed by atoms with E-state index >= 15 is 0 Å². The van der Waals surface area contributed by atoms with Crippen LogP contribution >= 0.6 is 35.0 Å². The molecule has 1 atom stereocenters. The lowest BCUT2D eigenvalue weighted by atomic mass is 9.94. The van der Waals surface area contributed by atoms with Gasteiger partial charge in [-0.05, 0) is 49.6 Å². The summed E-state index contributed by atoms with van der Waals surface area (Å²) >= 11 is 14.5. The molecular weight excluding hydrogens is 535 g/mol. The number of nitrogens with one attached hydrogen (secondary N) is 1. The Labute approximate surface area is 240 Å². The average molecular weight is 570 g/mol. The standard InChI is InChI=1S/C31H34Cl2N2O2S/c1-22-15-17-25(18-16-22)38-21-30(36)35(20-26-27(32)13-8-14-28(26)33)29(19-23-9-4-2-5-10-23)31(37)34-24-11-6-3-7-12-24/h2,4-5,8-10,13-18,24,29H,3,6-7,11-12,19-21H2,1H3,(H,34,37)/t29-/m0/s1. The van der Waals surface area contributed by atoms with Crippen molar-refractivity contribution >= 4 is 46.8 Å². The molecule has 1 aliphatic carbocycles. The first-order valence-corrected chi connectivity index (χ1v) is 14.9. The number of halogens is 2. The van der Waals surface area contributed by atoms with Gasteiger partial charge in [0, 0.05) is 39.5 Å². The molecule has 1 fully saturated rings. The third-order valence-electron chi connectivity index (χ3n) is 7.00. The molecule has 3 aromatic carbocycles. The molecule has 0 aromatic heterocycles. The van der Waals surface area contributed by atoms with E-state index < -0.39 is 6.04 Å². The van der Waals surface area contributed by atoms with Crippen molar-refractivity contribution in [2.45, 2.75) is 69.0 Å². The van der Waals surface area contributed by atoms with Crippen molar-refractivity contribution in [2.24, 2.45) is 0 Å². The Morgan fingerprint density at radius 2 is 1.58 bits per heavy atom. The lowest BCUT2D eigenvalue weighted by Crippen LogP contribution is -2.53. The van der Waals surface area contributed by atoms with Crippen molar-refractivity contribution in [3.05, 3.63) is 99.5 Å². The van der Waals surface area contributed by atoms with Crippen LogP contribution in [-0.2, 0) is 22.6 Å². The summed E-state index contributed by atoms with van der Waals surface area (Å²) in [6.07, 6.45) is 5.77. The first kappa shape index (κ1) is 28.5. The van der Waals surface area contributed by atoms with E-state index in [4.69, 9.17) is 23.2 Å². The van der Waals surface area contributed by atoms with Crippen LogP contribution in [0.1, 0.15) is 48.8 Å². The number of hydrogen-bond acceptors (Lipinski definition) is 3. The molecule has 0 unspecified atom stereocenters.